The van der Waals surface area contributed by atoms with Crippen LogP contribution in [0.3, 0.4) is 0 Å². The fraction of sp³-hybridized carbons (Fsp3) is 0.375. The van der Waals surface area contributed by atoms with E-state index in [1.165, 1.54) is 5.56 Å². The van der Waals surface area contributed by atoms with Gasteiger partial charge in [-0.25, -0.2) is 9.82 Å². The molecule has 5 rings (SSSR count). The molecule has 3 fully saturated rings. The van der Waals surface area contributed by atoms with Crippen LogP contribution in [-0.2, 0) is 0 Å². The highest BCUT2D eigenvalue weighted by molar-refractivity contribution is 6.14. The molecule has 5 heteroatoms. The summed E-state index contributed by atoms with van der Waals surface area (Å²) in [6, 6.07) is 9.77. The maximum Gasteiger partial charge on any atom is 0.270 e. The summed E-state index contributed by atoms with van der Waals surface area (Å²) in [6.45, 7) is 2.05. The van der Waals surface area contributed by atoms with E-state index in [4.69, 9.17) is 11.8 Å². The Morgan fingerprint density at radius 3 is 2.67 bits per heavy atom. The molecule has 2 bridgehead atoms. The minimum atomic E-state index is -0.0969. The molecule has 4 nitrogen and oxygen atoms in total. The lowest BCUT2D eigenvalue weighted by Gasteiger charge is -2.69. The molecule has 2 aromatic rings. The lowest BCUT2D eigenvalue weighted by atomic mass is 9.44. The van der Waals surface area contributed by atoms with Gasteiger partial charge in [0.15, 0.2) is 0 Å². The van der Waals surface area contributed by atoms with Gasteiger partial charge in [0.1, 0.15) is 5.69 Å². The third kappa shape index (κ3) is 1.93. The van der Waals surface area contributed by atoms with E-state index in [0.29, 0.717) is 5.69 Å². The maximum atomic E-state index is 12.4. The molecule has 0 spiro atoms. The topological polar surface area (TPSA) is 54.0 Å². The molecule has 3 aliphatic rings. The summed E-state index contributed by atoms with van der Waals surface area (Å²) >= 11 is 5.70. The Labute approximate surface area is 128 Å². The zero-order chi connectivity index (χ0) is 14.7. The van der Waals surface area contributed by atoms with Crippen molar-refractivity contribution in [3.63, 3.8) is 0 Å². The van der Waals surface area contributed by atoms with Crippen molar-refractivity contribution in [2.45, 2.75) is 37.3 Å². The normalized spacial score (nSPS) is 29.6. The van der Waals surface area contributed by atoms with Gasteiger partial charge >= 0.3 is 0 Å². The van der Waals surface area contributed by atoms with Crippen LogP contribution in [0.2, 0.25) is 0 Å². The van der Waals surface area contributed by atoms with E-state index < -0.39 is 0 Å². The molecule has 0 saturated heterocycles. The Hall–Kier alpha value is -1.65. The molecule has 0 unspecified atom stereocenters. The first-order valence-electron chi connectivity index (χ1n) is 7.11. The Morgan fingerprint density at radius 2 is 1.95 bits per heavy atom. The summed E-state index contributed by atoms with van der Waals surface area (Å²) in [5.74, 6) is -0.0969. The number of aromatic nitrogens is 1. The monoisotopic (exact) mass is 301 g/mol. The standard InChI is InChI=1S/C16H16ClN3O/c1-10-2-4-12-11(6-10)3-5-13(18-12)14(21)19-15-7-16(8-15,9-15)20-17/h2-6,20H,7-9H2,1H3,(H,19,21). The molecule has 2 N–H and O–H groups in total. The number of amides is 1. The fourth-order valence-electron chi connectivity index (χ4n) is 3.70. The van der Waals surface area contributed by atoms with Crippen molar-refractivity contribution in [1.29, 1.82) is 0 Å². The number of rotatable bonds is 3. The highest BCUT2D eigenvalue weighted by Crippen LogP contribution is 2.60. The van der Waals surface area contributed by atoms with Gasteiger partial charge in [0, 0.05) is 16.5 Å². The van der Waals surface area contributed by atoms with Crippen LogP contribution in [0, 0.1) is 6.92 Å². The zero-order valence-electron chi connectivity index (χ0n) is 11.7. The predicted molar refractivity (Wildman–Crippen MR) is 82.2 cm³/mol. The van der Waals surface area contributed by atoms with Gasteiger partial charge in [0.05, 0.1) is 5.52 Å². The van der Waals surface area contributed by atoms with Crippen LogP contribution >= 0.6 is 11.8 Å². The van der Waals surface area contributed by atoms with Gasteiger partial charge in [0.25, 0.3) is 5.91 Å². The second-order valence-electron chi connectivity index (χ2n) is 6.53. The molecule has 0 radical (unpaired) electrons. The molecule has 3 aliphatic carbocycles. The molecule has 1 aromatic heterocycles. The summed E-state index contributed by atoms with van der Waals surface area (Å²) in [7, 11) is 0. The smallest absolute Gasteiger partial charge is 0.270 e. The first-order valence-corrected chi connectivity index (χ1v) is 7.49. The highest BCUT2D eigenvalue weighted by atomic mass is 35.5. The molecular formula is C16H16ClN3O. The van der Waals surface area contributed by atoms with E-state index >= 15 is 0 Å². The Bertz CT molecular complexity index is 738. The lowest BCUT2D eigenvalue weighted by Crippen LogP contribution is -2.82. The quantitative estimate of drug-likeness (QED) is 0.857. The molecular weight excluding hydrogens is 286 g/mol. The average molecular weight is 302 g/mol. The number of halogens is 1. The van der Waals surface area contributed by atoms with Crippen LogP contribution in [0.4, 0.5) is 0 Å². The van der Waals surface area contributed by atoms with E-state index in [1.807, 2.05) is 25.1 Å². The van der Waals surface area contributed by atoms with Crippen molar-refractivity contribution in [2.75, 3.05) is 0 Å². The number of carbonyl (C=O) groups is 1. The summed E-state index contributed by atoms with van der Waals surface area (Å²) in [5.41, 5.74) is 2.51. The van der Waals surface area contributed by atoms with Gasteiger partial charge < -0.3 is 5.32 Å². The molecule has 0 aliphatic heterocycles. The van der Waals surface area contributed by atoms with Crippen LogP contribution in [-0.4, -0.2) is 22.0 Å². The number of carbonyl (C=O) groups excluding carboxylic acids is 1. The number of benzene rings is 1. The van der Waals surface area contributed by atoms with Gasteiger partial charge in [-0.05, 0) is 56.2 Å². The second kappa shape index (κ2) is 4.18. The third-order valence-corrected chi connectivity index (χ3v) is 5.09. The van der Waals surface area contributed by atoms with Crippen LogP contribution in [0.5, 0.6) is 0 Å². The van der Waals surface area contributed by atoms with Gasteiger partial charge in [0.2, 0.25) is 0 Å². The van der Waals surface area contributed by atoms with Gasteiger partial charge in [-0.15, -0.1) is 0 Å². The summed E-state index contributed by atoms with van der Waals surface area (Å²) in [4.78, 5) is 19.6. The Balaban J connectivity index is 1.54. The number of nitrogens with zero attached hydrogens (tertiary/aromatic N) is 1. The average Bonchev–Trinajstić information content (AvgIpc) is 2.40. The summed E-state index contributed by atoms with van der Waals surface area (Å²) < 4.78 is 0. The molecule has 1 amide bonds. The van der Waals surface area contributed by atoms with Crippen LogP contribution < -0.4 is 10.2 Å². The minimum Gasteiger partial charge on any atom is -0.345 e. The van der Waals surface area contributed by atoms with Crippen molar-refractivity contribution in [3.8, 4) is 0 Å². The molecule has 1 heterocycles. The first-order chi connectivity index (χ1) is 10.0. The van der Waals surface area contributed by atoms with E-state index in [2.05, 4.69) is 21.2 Å². The number of nitrogens with one attached hydrogen (secondary N) is 2. The number of hydrogen-bond donors (Lipinski definition) is 2. The number of aryl methyl sites for hydroxylation is 1. The SMILES string of the molecule is Cc1ccc2nc(C(=O)NC34CC(NCl)(C3)C4)ccc2c1. The third-order valence-electron chi connectivity index (χ3n) is 4.69. The van der Waals surface area contributed by atoms with Gasteiger partial charge in [-0.2, -0.15) is 0 Å². The highest BCUT2D eigenvalue weighted by Gasteiger charge is 2.68. The van der Waals surface area contributed by atoms with Gasteiger partial charge in [-0.3, -0.25) is 4.79 Å². The minimum absolute atomic E-state index is 0.0587. The van der Waals surface area contributed by atoms with Crippen molar-refractivity contribution >= 4 is 28.6 Å². The summed E-state index contributed by atoms with van der Waals surface area (Å²) in [6.07, 6.45) is 2.71. The van der Waals surface area contributed by atoms with Crippen molar-refractivity contribution in [2.24, 2.45) is 0 Å². The fourth-order valence-corrected chi connectivity index (χ4v) is 3.90. The summed E-state index contributed by atoms with van der Waals surface area (Å²) in [5, 5.41) is 4.17. The molecule has 0 atom stereocenters. The maximum absolute atomic E-state index is 12.4. The number of fused-ring (bicyclic) bond motifs is 1. The molecule has 21 heavy (non-hydrogen) atoms. The van der Waals surface area contributed by atoms with Crippen molar-refractivity contribution in [1.82, 2.24) is 15.1 Å². The van der Waals surface area contributed by atoms with E-state index in [0.717, 1.165) is 30.2 Å². The van der Waals surface area contributed by atoms with Crippen LogP contribution in [0.15, 0.2) is 30.3 Å². The Kier molecular flexibility index (Phi) is 2.60. The van der Waals surface area contributed by atoms with Gasteiger partial charge in [-0.1, -0.05) is 17.7 Å². The van der Waals surface area contributed by atoms with Crippen LogP contribution in [0.25, 0.3) is 10.9 Å². The number of hydrogen-bond acceptors (Lipinski definition) is 3. The van der Waals surface area contributed by atoms with Crippen molar-refractivity contribution in [3.05, 3.63) is 41.6 Å². The van der Waals surface area contributed by atoms with Crippen LogP contribution in [0.1, 0.15) is 35.3 Å². The first kappa shape index (κ1) is 13.0. The van der Waals surface area contributed by atoms with E-state index in [1.54, 1.807) is 6.07 Å². The number of pyridine rings is 1. The molecule has 1 aromatic carbocycles. The van der Waals surface area contributed by atoms with E-state index in [-0.39, 0.29) is 17.0 Å². The predicted octanol–water partition coefficient (Wildman–Crippen LogP) is 2.69. The Morgan fingerprint density at radius 1 is 1.19 bits per heavy atom. The zero-order valence-corrected chi connectivity index (χ0v) is 12.5. The second-order valence-corrected chi connectivity index (χ2v) is 6.72. The van der Waals surface area contributed by atoms with Crippen molar-refractivity contribution < 1.29 is 4.79 Å². The lowest BCUT2D eigenvalue weighted by molar-refractivity contribution is -0.0828. The van der Waals surface area contributed by atoms with E-state index in [9.17, 15) is 4.79 Å². The molecule has 3 saturated carbocycles. The largest absolute Gasteiger partial charge is 0.345 e. The molecule has 108 valence electrons.